The topological polar surface area (TPSA) is 103 Å². The van der Waals surface area contributed by atoms with Crippen LogP contribution >= 0.6 is 0 Å². The van der Waals surface area contributed by atoms with Crippen LogP contribution in [0.3, 0.4) is 0 Å². The molecule has 2 heterocycles. The van der Waals surface area contributed by atoms with Crippen molar-refractivity contribution in [2.75, 3.05) is 26.4 Å². The third-order valence-electron chi connectivity index (χ3n) is 2.95. The van der Waals surface area contributed by atoms with Crippen LogP contribution < -0.4 is 10.6 Å². The quantitative estimate of drug-likeness (QED) is 0.445. The average molecular weight is 314 g/mol. The number of ether oxygens (including phenoxy) is 3. The van der Waals surface area contributed by atoms with Crippen LogP contribution in [0.5, 0.6) is 0 Å². The molecule has 2 aliphatic rings. The molecule has 8 nitrogen and oxygen atoms in total. The summed E-state index contributed by atoms with van der Waals surface area (Å²) in [6, 6.07) is -0.316. The zero-order chi connectivity index (χ0) is 16.5. The van der Waals surface area contributed by atoms with Crippen molar-refractivity contribution in [1.82, 2.24) is 10.6 Å². The number of allylic oxidation sites excluding steroid dienone is 1. The zero-order valence-corrected chi connectivity index (χ0v) is 12.8. The van der Waals surface area contributed by atoms with Gasteiger partial charge < -0.3 is 24.8 Å². The number of carbonyl (C=O) groups is 3. The van der Waals surface area contributed by atoms with E-state index in [1.54, 1.807) is 6.92 Å². The van der Waals surface area contributed by atoms with Crippen LogP contribution in [0.2, 0.25) is 0 Å². The minimum atomic E-state index is -0.485. The molecule has 8 heteroatoms. The lowest BCUT2D eigenvalue weighted by molar-refractivity contribution is -0.149. The van der Waals surface area contributed by atoms with Crippen LogP contribution in [-0.2, 0) is 19.0 Å². The molecule has 0 radical (unpaired) electrons. The maximum Gasteiger partial charge on any atom is 0.407 e. The summed E-state index contributed by atoms with van der Waals surface area (Å²) in [4.78, 5) is 32.5. The van der Waals surface area contributed by atoms with Crippen LogP contribution in [0.1, 0.15) is 20.3 Å². The lowest BCUT2D eigenvalue weighted by Crippen LogP contribution is -2.39. The summed E-state index contributed by atoms with van der Waals surface area (Å²) in [5, 5.41) is 5.05. The summed E-state index contributed by atoms with van der Waals surface area (Å²) >= 11 is 0. The Kier molecular flexibility index (Phi) is 7.21. The zero-order valence-electron chi connectivity index (χ0n) is 12.8. The molecule has 2 rings (SSSR count). The van der Waals surface area contributed by atoms with E-state index in [0.29, 0.717) is 26.2 Å². The van der Waals surface area contributed by atoms with Crippen LogP contribution in [0.25, 0.3) is 0 Å². The molecule has 0 aromatic rings. The highest BCUT2D eigenvalue weighted by molar-refractivity contribution is 5.76. The van der Waals surface area contributed by atoms with E-state index in [1.165, 1.54) is 0 Å². The van der Waals surface area contributed by atoms with Gasteiger partial charge in [-0.3, -0.25) is 4.79 Å². The smallest absolute Gasteiger partial charge is 0.407 e. The summed E-state index contributed by atoms with van der Waals surface area (Å²) in [6.45, 7) is 9.08. The lowest BCUT2D eigenvalue weighted by Gasteiger charge is -2.19. The van der Waals surface area contributed by atoms with Gasteiger partial charge in [0, 0.05) is 0 Å². The van der Waals surface area contributed by atoms with Crippen LogP contribution in [0.4, 0.5) is 9.59 Å². The molecule has 0 spiro atoms. The molecular formula is C14H22N2O6. The Balaban J connectivity index is 0.000000335. The van der Waals surface area contributed by atoms with Crippen molar-refractivity contribution in [2.24, 2.45) is 5.92 Å². The van der Waals surface area contributed by atoms with Gasteiger partial charge >= 0.3 is 18.2 Å². The summed E-state index contributed by atoms with van der Waals surface area (Å²) in [5.41, 5.74) is 0.874. The largest absolute Gasteiger partial charge is 0.466 e. The second-order valence-electron chi connectivity index (χ2n) is 4.93. The molecule has 124 valence electrons. The third kappa shape index (κ3) is 6.02. The fourth-order valence-electron chi connectivity index (χ4n) is 1.98. The van der Waals surface area contributed by atoms with Gasteiger partial charge in [0.15, 0.2) is 0 Å². The minimum absolute atomic E-state index is 0.204. The fourth-order valence-corrected chi connectivity index (χ4v) is 1.98. The first-order chi connectivity index (χ1) is 10.4. The van der Waals surface area contributed by atoms with Gasteiger partial charge in [0.1, 0.15) is 13.2 Å². The predicted octanol–water partition coefficient (Wildman–Crippen LogP) is 0.967. The van der Waals surface area contributed by atoms with Crippen molar-refractivity contribution in [3.63, 3.8) is 0 Å². The molecular weight excluding hydrogens is 292 g/mol. The van der Waals surface area contributed by atoms with E-state index in [0.717, 1.165) is 5.57 Å². The molecule has 2 aliphatic heterocycles. The maximum atomic E-state index is 11.7. The molecule has 2 atom stereocenters. The van der Waals surface area contributed by atoms with Crippen LogP contribution in [-0.4, -0.2) is 50.6 Å². The van der Waals surface area contributed by atoms with Crippen LogP contribution in [0.15, 0.2) is 12.2 Å². The number of amides is 2. The van der Waals surface area contributed by atoms with Crippen molar-refractivity contribution in [3.8, 4) is 0 Å². The van der Waals surface area contributed by atoms with Gasteiger partial charge in [0.25, 0.3) is 0 Å². The summed E-state index contributed by atoms with van der Waals surface area (Å²) in [7, 11) is 0. The maximum absolute atomic E-state index is 11.7. The Morgan fingerprint density at radius 1 is 1.41 bits per heavy atom. The fraction of sp³-hybridized carbons (Fsp3) is 0.643. The average Bonchev–Trinajstić information content (AvgIpc) is 3.08. The number of cyclic esters (lactones) is 2. The van der Waals surface area contributed by atoms with E-state index in [2.05, 4.69) is 21.9 Å². The molecule has 2 N–H and O–H groups in total. The van der Waals surface area contributed by atoms with Crippen molar-refractivity contribution < 1.29 is 28.6 Å². The molecule has 2 fully saturated rings. The number of alkyl carbamates (subject to hydrolysis) is 2. The normalized spacial score (nSPS) is 20.5. The van der Waals surface area contributed by atoms with E-state index < -0.39 is 12.0 Å². The van der Waals surface area contributed by atoms with E-state index in [9.17, 15) is 14.4 Å². The van der Waals surface area contributed by atoms with E-state index in [4.69, 9.17) is 9.47 Å². The first-order valence-electron chi connectivity index (χ1n) is 7.09. The molecule has 2 saturated heterocycles. The molecule has 0 saturated carbocycles. The number of hydrogen-bond donors (Lipinski definition) is 2. The first-order valence-corrected chi connectivity index (χ1v) is 7.09. The minimum Gasteiger partial charge on any atom is -0.466 e. The van der Waals surface area contributed by atoms with Gasteiger partial charge in [0.2, 0.25) is 0 Å². The Labute approximate surface area is 129 Å². The van der Waals surface area contributed by atoms with Crippen LogP contribution in [0, 0.1) is 5.92 Å². The molecule has 0 aromatic carbocycles. The molecule has 22 heavy (non-hydrogen) atoms. The molecule has 0 unspecified atom stereocenters. The monoisotopic (exact) mass is 314 g/mol. The summed E-state index contributed by atoms with van der Waals surface area (Å²) in [5.74, 6) is -0.731. The summed E-state index contributed by atoms with van der Waals surface area (Å²) < 4.78 is 14.1. The highest BCUT2D eigenvalue weighted by Gasteiger charge is 2.35. The summed E-state index contributed by atoms with van der Waals surface area (Å²) in [6.07, 6.45) is -0.288. The van der Waals surface area contributed by atoms with E-state index >= 15 is 0 Å². The highest BCUT2D eigenvalue weighted by atomic mass is 16.6. The second kappa shape index (κ2) is 8.91. The van der Waals surface area contributed by atoms with Gasteiger partial charge in [0.05, 0.1) is 25.1 Å². The molecule has 0 aliphatic carbocycles. The van der Waals surface area contributed by atoms with Crippen molar-refractivity contribution in [2.45, 2.75) is 26.3 Å². The van der Waals surface area contributed by atoms with Gasteiger partial charge in [-0.05, 0) is 20.3 Å². The van der Waals surface area contributed by atoms with Gasteiger partial charge in [-0.15, -0.1) is 6.58 Å². The van der Waals surface area contributed by atoms with Crippen molar-refractivity contribution in [3.05, 3.63) is 12.2 Å². The van der Waals surface area contributed by atoms with Gasteiger partial charge in [-0.1, -0.05) is 5.57 Å². The Bertz CT molecular complexity index is 429. The SMILES string of the molecule is C=C(C)C[C@H](C(=O)OCC)[C@@H]1COC(=O)N1.O=C1NCCO1. The third-order valence-corrected chi connectivity index (χ3v) is 2.95. The second-order valence-corrected chi connectivity index (χ2v) is 4.93. The first kappa shape index (κ1) is 17.8. The highest BCUT2D eigenvalue weighted by Crippen LogP contribution is 2.19. The number of hydrogen-bond acceptors (Lipinski definition) is 6. The number of carbonyl (C=O) groups excluding carboxylic acids is 3. The Hall–Kier alpha value is -2.25. The Morgan fingerprint density at radius 2 is 2.14 bits per heavy atom. The van der Waals surface area contributed by atoms with Gasteiger partial charge in [-0.25, -0.2) is 9.59 Å². The number of rotatable bonds is 5. The lowest BCUT2D eigenvalue weighted by atomic mass is 9.94. The number of nitrogens with one attached hydrogen (secondary N) is 2. The standard InChI is InChI=1S/C11H17NO4.C3H5NO2/c1-4-15-10(13)8(5-7(2)3)9-6-16-11(14)12-9;5-3-4-1-2-6-3/h8-9H,2,4-6H2,1,3H3,(H,12,14);1-2H2,(H,4,5)/t8-,9-;/m0./s1. The van der Waals surface area contributed by atoms with E-state index in [-0.39, 0.29) is 24.7 Å². The van der Waals surface area contributed by atoms with Crippen molar-refractivity contribution in [1.29, 1.82) is 0 Å². The number of esters is 1. The van der Waals surface area contributed by atoms with Crippen molar-refractivity contribution >= 4 is 18.2 Å². The molecule has 2 amide bonds. The van der Waals surface area contributed by atoms with Gasteiger partial charge in [-0.2, -0.15) is 0 Å². The Morgan fingerprint density at radius 3 is 2.50 bits per heavy atom. The van der Waals surface area contributed by atoms with E-state index in [1.807, 2.05) is 6.92 Å². The molecule has 0 aromatic heterocycles. The molecule has 0 bridgehead atoms. The predicted molar refractivity (Wildman–Crippen MR) is 77.2 cm³/mol.